The number of carbonyl (C=O) groups excluding carboxylic acids is 3. The lowest BCUT2D eigenvalue weighted by Gasteiger charge is -2.12. The van der Waals surface area contributed by atoms with Crippen molar-refractivity contribution in [3.8, 4) is 11.5 Å². The first-order valence-electron chi connectivity index (χ1n) is 10.4. The standard InChI is InChI=1S/C25H20ClNO7S/c1-31-21-11-16(5-9-19(21)33-14-15-3-6-17(26)7-4-15)12-22-23(28)27(25(30)35-22)13-18-8-10-20(34-18)24(29)32-2/h3-12H,13-14H2,1-2H3/b22-12+. The molecule has 8 nitrogen and oxygen atoms in total. The Morgan fingerprint density at radius 1 is 1.06 bits per heavy atom. The largest absolute Gasteiger partial charge is 0.493 e. The first-order chi connectivity index (χ1) is 16.9. The van der Waals surface area contributed by atoms with Crippen molar-refractivity contribution in [2.24, 2.45) is 0 Å². The Labute approximate surface area is 210 Å². The molecule has 4 rings (SSSR count). The number of nitrogens with zero attached hydrogens (tertiary/aromatic N) is 1. The average Bonchev–Trinajstić information content (AvgIpc) is 3.44. The minimum absolute atomic E-state index is 0.00419. The summed E-state index contributed by atoms with van der Waals surface area (Å²) in [7, 11) is 2.76. The molecule has 0 unspecified atom stereocenters. The minimum Gasteiger partial charge on any atom is -0.493 e. The molecule has 0 N–H and O–H groups in total. The van der Waals surface area contributed by atoms with Crippen molar-refractivity contribution in [1.82, 2.24) is 4.90 Å². The topological polar surface area (TPSA) is 95.3 Å². The number of ether oxygens (including phenoxy) is 3. The third-order valence-corrected chi connectivity index (χ3v) is 6.19. The van der Waals surface area contributed by atoms with Gasteiger partial charge in [0.2, 0.25) is 5.76 Å². The summed E-state index contributed by atoms with van der Waals surface area (Å²) in [6, 6.07) is 15.5. The SMILES string of the molecule is COC(=O)c1ccc(CN2C(=O)S/C(=C/c3ccc(OCc4ccc(Cl)cc4)c(OC)c3)C2=O)o1. The summed E-state index contributed by atoms with van der Waals surface area (Å²) in [6.07, 6.45) is 1.61. The lowest BCUT2D eigenvalue weighted by atomic mass is 10.1. The van der Waals surface area contributed by atoms with Crippen LogP contribution >= 0.6 is 23.4 Å². The molecular formula is C25H20ClNO7S. The van der Waals surface area contributed by atoms with Gasteiger partial charge in [-0.05, 0) is 65.4 Å². The van der Waals surface area contributed by atoms with Crippen LogP contribution in [0.25, 0.3) is 6.08 Å². The van der Waals surface area contributed by atoms with E-state index in [4.69, 9.17) is 25.5 Å². The van der Waals surface area contributed by atoms with E-state index in [1.54, 1.807) is 36.4 Å². The molecule has 0 atom stereocenters. The van der Waals surface area contributed by atoms with Gasteiger partial charge in [-0.2, -0.15) is 0 Å². The maximum atomic E-state index is 12.8. The molecule has 0 spiro atoms. The maximum Gasteiger partial charge on any atom is 0.373 e. The summed E-state index contributed by atoms with van der Waals surface area (Å²) in [5.41, 5.74) is 1.61. The van der Waals surface area contributed by atoms with Crippen molar-refractivity contribution in [1.29, 1.82) is 0 Å². The zero-order chi connectivity index (χ0) is 24.9. The Bertz CT molecular complexity index is 1300. The highest BCUT2D eigenvalue weighted by molar-refractivity contribution is 8.18. The second-order valence-corrected chi connectivity index (χ2v) is 8.78. The summed E-state index contributed by atoms with van der Waals surface area (Å²) in [6.45, 7) is 0.232. The van der Waals surface area contributed by atoms with Gasteiger partial charge in [0, 0.05) is 5.02 Å². The maximum absolute atomic E-state index is 12.8. The molecule has 0 aliphatic carbocycles. The number of thioether (sulfide) groups is 1. The lowest BCUT2D eigenvalue weighted by molar-refractivity contribution is -0.123. The van der Waals surface area contributed by atoms with Gasteiger partial charge in [-0.25, -0.2) is 4.79 Å². The number of methoxy groups -OCH3 is 2. The number of esters is 1. The van der Waals surface area contributed by atoms with Crippen molar-refractivity contribution in [2.45, 2.75) is 13.2 Å². The number of hydrogen-bond donors (Lipinski definition) is 0. The molecule has 1 aliphatic rings. The van der Waals surface area contributed by atoms with Gasteiger partial charge in [0.15, 0.2) is 11.5 Å². The van der Waals surface area contributed by atoms with Crippen LogP contribution < -0.4 is 9.47 Å². The van der Waals surface area contributed by atoms with Gasteiger partial charge in [0.05, 0.1) is 25.7 Å². The Kier molecular flexibility index (Phi) is 7.48. The van der Waals surface area contributed by atoms with Crippen molar-refractivity contribution in [3.63, 3.8) is 0 Å². The number of halogens is 1. The minimum atomic E-state index is -0.639. The van der Waals surface area contributed by atoms with Crippen LogP contribution in [0.4, 0.5) is 4.79 Å². The van der Waals surface area contributed by atoms with Crippen LogP contribution in [0.2, 0.25) is 5.02 Å². The number of hydrogen-bond acceptors (Lipinski definition) is 8. The van der Waals surface area contributed by atoms with Crippen LogP contribution in [-0.4, -0.2) is 36.2 Å². The summed E-state index contributed by atoms with van der Waals surface area (Å²) < 4.78 is 21.3. The van der Waals surface area contributed by atoms with Crippen LogP contribution in [-0.2, 0) is 22.7 Å². The van der Waals surface area contributed by atoms with Crippen LogP contribution in [0.15, 0.2) is 63.9 Å². The van der Waals surface area contributed by atoms with E-state index in [1.807, 2.05) is 12.1 Å². The highest BCUT2D eigenvalue weighted by Crippen LogP contribution is 2.35. The third kappa shape index (κ3) is 5.70. The summed E-state index contributed by atoms with van der Waals surface area (Å²) >= 11 is 6.73. The summed E-state index contributed by atoms with van der Waals surface area (Å²) in [4.78, 5) is 38.1. The normalized spacial score (nSPS) is 14.5. The predicted molar refractivity (Wildman–Crippen MR) is 130 cm³/mol. The van der Waals surface area contributed by atoms with Gasteiger partial charge in [-0.1, -0.05) is 29.8 Å². The quantitative estimate of drug-likeness (QED) is 0.286. The average molecular weight is 514 g/mol. The fourth-order valence-corrected chi connectivity index (χ4v) is 4.22. The van der Waals surface area contributed by atoms with E-state index >= 15 is 0 Å². The second-order valence-electron chi connectivity index (χ2n) is 7.35. The third-order valence-electron chi connectivity index (χ3n) is 5.03. The van der Waals surface area contributed by atoms with Crippen LogP contribution in [0.5, 0.6) is 11.5 Å². The molecule has 1 aromatic heterocycles. The number of carbonyl (C=O) groups is 3. The van der Waals surface area contributed by atoms with E-state index in [9.17, 15) is 14.4 Å². The van der Waals surface area contributed by atoms with E-state index in [2.05, 4.69) is 4.74 Å². The lowest BCUT2D eigenvalue weighted by Crippen LogP contribution is -2.27. The molecule has 35 heavy (non-hydrogen) atoms. The molecule has 0 radical (unpaired) electrons. The molecule has 2 heterocycles. The Hall–Kier alpha value is -3.69. The van der Waals surface area contributed by atoms with Gasteiger partial charge in [-0.15, -0.1) is 0 Å². The Balaban J connectivity index is 1.46. The van der Waals surface area contributed by atoms with Crippen LogP contribution in [0.1, 0.15) is 27.4 Å². The number of benzene rings is 2. The zero-order valence-corrected chi connectivity index (χ0v) is 20.4. The van der Waals surface area contributed by atoms with E-state index in [1.165, 1.54) is 26.4 Å². The van der Waals surface area contributed by atoms with E-state index in [0.29, 0.717) is 28.7 Å². The van der Waals surface area contributed by atoms with Gasteiger partial charge in [-0.3, -0.25) is 14.5 Å². The number of rotatable bonds is 8. The number of amides is 2. The zero-order valence-electron chi connectivity index (χ0n) is 18.8. The monoisotopic (exact) mass is 513 g/mol. The van der Waals surface area contributed by atoms with Gasteiger partial charge in [0.25, 0.3) is 11.1 Å². The molecular weight excluding hydrogens is 494 g/mol. The second kappa shape index (κ2) is 10.7. The van der Waals surface area contributed by atoms with Gasteiger partial charge in [0.1, 0.15) is 12.4 Å². The van der Waals surface area contributed by atoms with Crippen molar-refractivity contribution in [3.05, 3.63) is 87.2 Å². The van der Waals surface area contributed by atoms with Crippen LogP contribution in [0.3, 0.4) is 0 Å². The van der Waals surface area contributed by atoms with E-state index in [-0.39, 0.29) is 23.0 Å². The summed E-state index contributed by atoms with van der Waals surface area (Å²) in [5.74, 6) is 0.205. The first kappa shape index (κ1) is 24.4. The van der Waals surface area contributed by atoms with Crippen molar-refractivity contribution < 1.29 is 33.0 Å². The molecule has 1 saturated heterocycles. The molecule has 2 amide bonds. The highest BCUT2D eigenvalue weighted by atomic mass is 35.5. The fraction of sp³-hybridized carbons (Fsp3) is 0.160. The molecule has 0 saturated carbocycles. The molecule has 10 heteroatoms. The molecule has 1 fully saturated rings. The molecule has 3 aromatic rings. The van der Waals surface area contributed by atoms with Gasteiger partial charge < -0.3 is 18.6 Å². The highest BCUT2D eigenvalue weighted by Gasteiger charge is 2.35. The molecule has 180 valence electrons. The fourth-order valence-electron chi connectivity index (χ4n) is 3.25. The van der Waals surface area contributed by atoms with Crippen LogP contribution in [0, 0.1) is 0 Å². The molecule has 2 aromatic carbocycles. The Morgan fingerprint density at radius 2 is 1.83 bits per heavy atom. The number of furan rings is 1. The summed E-state index contributed by atoms with van der Waals surface area (Å²) in [5, 5.41) is 0.211. The van der Waals surface area contributed by atoms with E-state index in [0.717, 1.165) is 22.2 Å². The predicted octanol–water partition coefficient (Wildman–Crippen LogP) is 5.54. The molecule has 0 bridgehead atoms. The molecule has 1 aliphatic heterocycles. The van der Waals surface area contributed by atoms with E-state index < -0.39 is 17.1 Å². The first-order valence-corrected chi connectivity index (χ1v) is 11.5. The number of imide groups is 1. The van der Waals surface area contributed by atoms with Gasteiger partial charge >= 0.3 is 5.97 Å². The Morgan fingerprint density at radius 3 is 2.54 bits per heavy atom. The van der Waals surface area contributed by atoms with Crippen molar-refractivity contribution in [2.75, 3.05) is 14.2 Å². The smallest absolute Gasteiger partial charge is 0.373 e. The van der Waals surface area contributed by atoms with Crippen molar-refractivity contribution >= 4 is 46.6 Å².